The Kier molecular flexibility index (Phi) is 4.96. The molecule has 0 aliphatic rings. The second-order valence-corrected chi connectivity index (χ2v) is 4.80. The third-order valence-electron chi connectivity index (χ3n) is 3.50. The number of methoxy groups -OCH3 is 3. The van der Waals surface area contributed by atoms with Gasteiger partial charge in [-0.05, 0) is 13.5 Å². The number of fused-ring (bicyclic) bond motifs is 1. The lowest BCUT2D eigenvalue weighted by Gasteiger charge is -2.13. The van der Waals surface area contributed by atoms with Gasteiger partial charge in [0.25, 0.3) is 0 Å². The first kappa shape index (κ1) is 15.5. The van der Waals surface area contributed by atoms with Crippen molar-refractivity contribution in [3.05, 3.63) is 17.4 Å². The molecular weight excluding hydrogens is 270 g/mol. The van der Waals surface area contributed by atoms with E-state index in [2.05, 4.69) is 12.2 Å². The van der Waals surface area contributed by atoms with Gasteiger partial charge in [0.1, 0.15) is 11.3 Å². The molecule has 2 rings (SSSR count). The highest BCUT2D eigenvalue weighted by atomic mass is 16.5. The van der Waals surface area contributed by atoms with E-state index in [-0.39, 0.29) is 0 Å². The summed E-state index contributed by atoms with van der Waals surface area (Å²) in [7, 11) is 6.76. The number of hydrogen-bond acceptors (Lipinski definition) is 5. The molecule has 116 valence electrons. The number of furan rings is 1. The van der Waals surface area contributed by atoms with Gasteiger partial charge in [0.15, 0.2) is 11.5 Å². The summed E-state index contributed by atoms with van der Waals surface area (Å²) in [6.07, 6.45) is 1.96. The molecule has 0 aliphatic carbocycles. The minimum Gasteiger partial charge on any atom is -0.493 e. The van der Waals surface area contributed by atoms with E-state index in [1.807, 2.05) is 13.1 Å². The highest BCUT2D eigenvalue weighted by Gasteiger charge is 2.23. The molecule has 1 N–H and O–H groups in total. The smallest absolute Gasteiger partial charge is 0.204 e. The Balaban J connectivity index is 2.79. The molecule has 21 heavy (non-hydrogen) atoms. The summed E-state index contributed by atoms with van der Waals surface area (Å²) in [5.74, 6) is 2.81. The maximum Gasteiger partial charge on any atom is 0.204 e. The number of benzene rings is 1. The molecule has 0 amide bonds. The van der Waals surface area contributed by atoms with Crippen molar-refractivity contribution >= 4 is 11.0 Å². The Morgan fingerprint density at radius 3 is 2.33 bits per heavy atom. The number of rotatable bonds is 7. The van der Waals surface area contributed by atoms with E-state index < -0.39 is 0 Å². The van der Waals surface area contributed by atoms with Gasteiger partial charge < -0.3 is 23.9 Å². The molecule has 0 unspecified atom stereocenters. The number of hydrogen-bond donors (Lipinski definition) is 1. The molecule has 0 saturated heterocycles. The molecular formula is C16H23NO4. The van der Waals surface area contributed by atoms with Crippen LogP contribution in [0.5, 0.6) is 17.2 Å². The van der Waals surface area contributed by atoms with E-state index in [4.69, 9.17) is 18.6 Å². The van der Waals surface area contributed by atoms with E-state index in [0.29, 0.717) is 23.8 Å². The van der Waals surface area contributed by atoms with Crippen LogP contribution in [0, 0.1) is 0 Å². The second-order valence-electron chi connectivity index (χ2n) is 4.80. The molecule has 0 spiro atoms. The van der Waals surface area contributed by atoms with Gasteiger partial charge in [-0.25, -0.2) is 0 Å². The van der Waals surface area contributed by atoms with E-state index in [9.17, 15) is 0 Å². The van der Waals surface area contributed by atoms with E-state index in [1.54, 1.807) is 21.3 Å². The summed E-state index contributed by atoms with van der Waals surface area (Å²) in [5.41, 5.74) is 1.93. The molecule has 1 heterocycles. The molecule has 1 aromatic carbocycles. The summed E-state index contributed by atoms with van der Waals surface area (Å²) in [6, 6.07) is 1.86. The third-order valence-corrected chi connectivity index (χ3v) is 3.50. The van der Waals surface area contributed by atoms with Crippen molar-refractivity contribution in [3.8, 4) is 17.2 Å². The Morgan fingerprint density at radius 1 is 1.10 bits per heavy atom. The van der Waals surface area contributed by atoms with Gasteiger partial charge in [0, 0.05) is 11.6 Å². The van der Waals surface area contributed by atoms with Crippen LogP contribution in [-0.2, 0) is 13.0 Å². The molecule has 0 bridgehead atoms. The van der Waals surface area contributed by atoms with Gasteiger partial charge in [0.2, 0.25) is 5.75 Å². The van der Waals surface area contributed by atoms with Crippen LogP contribution in [0.1, 0.15) is 24.7 Å². The minimum absolute atomic E-state index is 0.599. The van der Waals surface area contributed by atoms with Crippen LogP contribution in [0.2, 0.25) is 0 Å². The van der Waals surface area contributed by atoms with E-state index >= 15 is 0 Å². The molecule has 0 saturated carbocycles. The molecule has 2 aromatic rings. The zero-order valence-electron chi connectivity index (χ0n) is 13.3. The first-order valence-corrected chi connectivity index (χ1v) is 7.09. The maximum atomic E-state index is 6.00. The highest BCUT2D eigenvalue weighted by Crippen LogP contribution is 2.46. The van der Waals surface area contributed by atoms with Crippen LogP contribution in [0.4, 0.5) is 0 Å². The monoisotopic (exact) mass is 293 g/mol. The first-order chi connectivity index (χ1) is 10.2. The van der Waals surface area contributed by atoms with Gasteiger partial charge >= 0.3 is 0 Å². The predicted molar refractivity (Wildman–Crippen MR) is 82.6 cm³/mol. The summed E-state index contributed by atoms with van der Waals surface area (Å²) < 4.78 is 22.4. The lowest BCUT2D eigenvalue weighted by atomic mass is 10.0. The van der Waals surface area contributed by atoms with Crippen LogP contribution in [0.3, 0.4) is 0 Å². The van der Waals surface area contributed by atoms with Gasteiger partial charge in [0.05, 0.1) is 33.3 Å². The lowest BCUT2D eigenvalue weighted by Crippen LogP contribution is -2.06. The van der Waals surface area contributed by atoms with Gasteiger partial charge in [-0.3, -0.25) is 0 Å². The van der Waals surface area contributed by atoms with E-state index in [1.165, 1.54) is 5.56 Å². The van der Waals surface area contributed by atoms with Crippen molar-refractivity contribution in [1.82, 2.24) is 5.32 Å². The largest absolute Gasteiger partial charge is 0.493 e. The van der Waals surface area contributed by atoms with Crippen molar-refractivity contribution in [2.24, 2.45) is 0 Å². The molecule has 5 heteroatoms. The fourth-order valence-electron chi connectivity index (χ4n) is 2.65. The third kappa shape index (κ3) is 2.65. The Labute approximate surface area is 125 Å². The maximum absolute atomic E-state index is 6.00. The van der Waals surface area contributed by atoms with Crippen LogP contribution in [0.15, 0.2) is 10.5 Å². The summed E-state index contributed by atoms with van der Waals surface area (Å²) in [4.78, 5) is 0. The molecule has 0 radical (unpaired) electrons. The fraction of sp³-hybridized carbons (Fsp3) is 0.500. The highest BCUT2D eigenvalue weighted by molar-refractivity contribution is 5.93. The fourth-order valence-corrected chi connectivity index (χ4v) is 2.65. The predicted octanol–water partition coefficient (Wildman–Crippen LogP) is 3.13. The SMILES string of the molecule is CCCc1c(CNC)oc2cc(OC)c(OC)c(OC)c12. The normalized spacial score (nSPS) is 10.9. The van der Waals surface area contributed by atoms with Crippen molar-refractivity contribution in [2.45, 2.75) is 26.3 Å². The van der Waals surface area contributed by atoms with Crippen LogP contribution >= 0.6 is 0 Å². The topological polar surface area (TPSA) is 52.9 Å². The van der Waals surface area contributed by atoms with Gasteiger partial charge in [-0.15, -0.1) is 0 Å². The molecule has 0 aliphatic heterocycles. The second kappa shape index (κ2) is 6.72. The van der Waals surface area contributed by atoms with Crippen LogP contribution in [-0.4, -0.2) is 28.4 Å². The molecule has 5 nitrogen and oxygen atoms in total. The molecule has 0 fully saturated rings. The van der Waals surface area contributed by atoms with Crippen molar-refractivity contribution in [3.63, 3.8) is 0 Å². The summed E-state index contributed by atoms with van der Waals surface area (Å²) in [5, 5.41) is 4.12. The lowest BCUT2D eigenvalue weighted by molar-refractivity contribution is 0.326. The summed E-state index contributed by atoms with van der Waals surface area (Å²) in [6.45, 7) is 2.83. The molecule has 0 atom stereocenters. The molecule has 1 aromatic heterocycles. The van der Waals surface area contributed by atoms with Crippen LogP contribution < -0.4 is 19.5 Å². The van der Waals surface area contributed by atoms with Crippen molar-refractivity contribution < 1.29 is 18.6 Å². The average molecular weight is 293 g/mol. The van der Waals surface area contributed by atoms with Gasteiger partial charge in [-0.1, -0.05) is 13.3 Å². The first-order valence-electron chi connectivity index (χ1n) is 7.09. The standard InChI is InChI=1S/C16H23NO4/c1-6-7-10-13(9-17-2)21-11-8-12(18-3)15(19-4)16(20-5)14(10)11/h8,17H,6-7,9H2,1-5H3. The number of ether oxygens (including phenoxy) is 3. The number of nitrogens with one attached hydrogen (secondary N) is 1. The zero-order chi connectivity index (χ0) is 15.4. The minimum atomic E-state index is 0.599. The Hall–Kier alpha value is -1.88. The average Bonchev–Trinajstić information content (AvgIpc) is 2.83. The Bertz CT molecular complexity index is 618. The van der Waals surface area contributed by atoms with Crippen molar-refractivity contribution in [2.75, 3.05) is 28.4 Å². The van der Waals surface area contributed by atoms with Crippen molar-refractivity contribution in [1.29, 1.82) is 0 Å². The number of aryl methyl sites for hydroxylation is 1. The summed E-state index contributed by atoms with van der Waals surface area (Å²) >= 11 is 0. The zero-order valence-corrected chi connectivity index (χ0v) is 13.3. The van der Waals surface area contributed by atoms with E-state index in [0.717, 1.165) is 29.6 Å². The van der Waals surface area contributed by atoms with Gasteiger partial charge in [-0.2, -0.15) is 0 Å². The Morgan fingerprint density at radius 2 is 1.81 bits per heavy atom. The van der Waals surface area contributed by atoms with Crippen LogP contribution in [0.25, 0.3) is 11.0 Å². The quantitative estimate of drug-likeness (QED) is 0.850.